The van der Waals surface area contributed by atoms with Crippen LogP contribution in [0.4, 0.5) is 23.2 Å². The normalized spacial score (nSPS) is 13.6. The molecule has 0 saturated carbocycles. The van der Waals surface area contributed by atoms with Gasteiger partial charge in [0, 0.05) is 30.2 Å². The van der Waals surface area contributed by atoms with E-state index in [-0.39, 0.29) is 24.2 Å². The summed E-state index contributed by atoms with van der Waals surface area (Å²) in [6, 6.07) is 17.8. The number of carboxylic acid groups (broad SMARTS) is 1. The molecule has 1 aliphatic rings. The molecule has 0 bridgehead atoms. The maximum atomic E-state index is 12.6. The second-order valence-corrected chi connectivity index (χ2v) is 9.44. The van der Waals surface area contributed by atoms with Crippen molar-refractivity contribution < 1.29 is 23.8 Å². The van der Waals surface area contributed by atoms with Crippen molar-refractivity contribution in [3.8, 4) is 11.5 Å². The zero-order valence-electron chi connectivity index (χ0n) is 20.7. The first kappa shape index (κ1) is 26.0. The molecule has 0 aliphatic carbocycles. The second kappa shape index (κ2) is 11.8. The number of carbonyl (C=O) groups excluding carboxylic acids is 1. The molecule has 0 atom stereocenters. The van der Waals surface area contributed by atoms with E-state index in [2.05, 4.69) is 30.7 Å². The number of aliphatic carboxylic acids is 1. The number of hydrogen-bond acceptors (Lipinski definition) is 9. The highest BCUT2D eigenvalue weighted by Crippen LogP contribution is 2.26. The van der Waals surface area contributed by atoms with Crippen molar-refractivity contribution >= 4 is 46.7 Å². The molecule has 1 aliphatic heterocycles. The number of aromatic nitrogens is 3. The van der Waals surface area contributed by atoms with E-state index in [4.69, 9.17) is 25.9 Å². The molecule has 1 fully saturated rings. The van der Waals surface area contributed by atoms with Crippen molar-refractivity contribution in [3.63, 3.8) is 0 Å². The summed E-state index contributed by atoms with van der Waals surface area (Å²) < 4.78 is 11.2. The van der Waals surface area contributed by atoms with E-state index in [0.29, 0.717) is 27.9 Å². The van der Waals surface area contributed by atoms with Gasteiger partial charge in [-0.05, 0) is 79.4 Å². The molecule has 200 valence electrons. The lowest BCUT2D eigenvalue weighted by molar-refractivity contribution is -0.138. The topological polar surface area (TPSA) is 143 Å². The molecule has 3 N–H and O–H groups in total. The summed E-state index contributed by atoms with van der Waals surface area (Å²) in [5.74, 6) is 0.739. The Morgan fingerprint density at radius 1 is 0.974 bits per heavy atom. The van der Waals surface area contributed by atoms with Crippen LogP contribution in [0.5, 0.6) is 11.5 Å². The van der Waals surface area contributed by atoms with Gasteiger partial charge in [0.05, 0.1) is 11.9 Å². The molecule has 0 spiro atoms. The van der Waals surface area contributed by atoms with Gasteiger partial charge in [0.1, 0.15) is 17.3 Å². The number of amides is 1. The zero-order chi connectivity index (χ0) is 27.2. The number of anilines is 4. The largest absolute Gasteiger partial charge is 0.481 e. The molecule has 2 aromatic heterocycles. The highest BCUT2D eigenvalue weighted by molar-refractivity contribution is 6.30. The van der Waals surface area contributed by atoms with Crippen LogP contribution in [0.25, 0.3) is 0 Å². The van der Waals surface area contributed by atoms with Crippen LogP contribution in [-0.4, -0.2) is 45.3 Å². The van der Waals surface area contributed by atoms with Gasteiger partial charge in [0.2, 0.25) is 0 Å². The maximum absolute atomic E-state index is 12.6. The van der Waals surface area contributed by atoms with Crippen molar-refractivity contribution in [2.45, 2.75) is 19.3 Å². The zero-order valence-corrected chi connectivity index (χ0v) is 21.5. The number of hydrogen-bond donors (Lipinski definition) is 3. The van der Waals surface area contributed by atoms with Gasteiger partial charge < -0.3 is 29.8 Å². The van der Waals surface area contributed by atoms with Gasteiger partial charge >= 0.3 is 23.8 Å². The highest BCUT2D eigenvalue weighted by Gasteiger charge is 2.22. The molecule has 2 aromatic carbocycles. The number of benzene rings is 2. The number of ether oxygens (including phenoxy) is 1. The fourth-order valence-electron chi connectivity index (χ4n) is 4.18. The predicted molar refractivity (Wildman–Crippen MR) is 145 cm³/mol. The fraction of sp³-hybridized carbons (Fsp3) is 0.222. The average molecular weight is 549 g/mol. The lowest BCUT2D eigenvalue weighted by atomic mass is 9.94. The van der Waals surface area contributed by atoms with Crippen LogP contribution in [0.1, 0.15) is 29.9 Å². The van der Waals surface area contributed by atoms with E-state index >= 15 is 0 Å². The van der Waals surface area contributed by atoms with Gasteiger partial charge in [0.25, 0.3) is 0 Å². The highest BCUT2D eigenvalue weighted by atomic mass is 35.5. The molecule has 4 aromatic rings. The van der Waals surface area contributed by atoms with Crippen LogP contribution in [0, 0.1) is 5.92 Å². The number of piperidine rings is 1. The van der Waals surface area contributed by atoms with Gasteiger partial charge in [-0.2, -0.15) is 0 Å². The molecule has 0 unspecified atom stereocenters. The molecule has 1 saturated heterocycles. The number of pyridine rings is 1. The van der Waals surface area contributed by atoms with Crippen LogP contribution in [-0.2, 0) is 4.79 Å². The summed E-state index contributed by atoms with van der Waals surface area (Å²) in [5.41, 5.74) is 1.15. The standard InChI is InChI=1S/C27H25ClN6O5/c28-18-1-6-21(7-2-18)38-22-8-3-19(4-9-22)31-27-33-32-26(39-27)25(37)30-20-5-10-23(29-16-20)34-13-11-17(12-14-34)15-24(35)36/h1-10,16-17H,11-15H2,(H,30,37)(H,31,33)(H,35,36). The van der Waals surface area contributed by atoms with Gasteiger partial charge in [-0.25, -0.2) is 4.98 Å². The Morgan fingerprint density at radius 2 is 1.64 bits per heavy atom. The average Bonchev–Trinajstić information content (AvgIpc) is 3.40. The van der Waals surface area contributed by atoms with E-state index in [9.17, 15) is 9.59 Å². The number of halogens is 1. The van der Waals surface area contributed by atoms with E-state index in [1.54, 1.807) is 60.8 Å². The molecule has 0 radical (unpaired) electrons. The number of carbonyl (C=O) groups is 2. The monoisotopic (exact) mass is 548 g/mol. The minimum atomic E-state index is -0.759. The number of nitrogens with one attached hydrogen (secondary N) is 2. The van der Waals surface area contributed by atoms with Crippen molar-refractivity contribution in [2.24, 2.45) is 5.92 Å². The fourth-order valence-corrected chi connectivity index (χ4v) is 4.30. The Kier molecular flexibility index (Phi) is 7.88. The summed E-state index contributed by atoms with van der Waals surface area (Å²) in [6.07, 6.45) is 3.37. The van der Waals surface area contributed by atoms with Crippen LogP contribution in [0.15, 0.2) is 71.3 Å². The maximum Gasteiger partial charge on any atom is 0.320 e. The first-order chi connectivity index (χ1) is 18.9. The Labute approximate surface area is 228 Å². The van der Waals surface area contributed by atoms with Crippen molar-refractivity contribution in [1.29, 1.82) is 0 Å². The predicted octanol–water partition coefficient (Wildman–Crippen LogP) is 5.60. The molecule has 39 heavy (non-hydrogen) atoms. The molecule has 5 rings (SSSR count). The van der Waals surface area contributed by atoms with E-state index in [1.165, 1.54) is 0 Å². The molecule has 12 heteroatoms. The van der Waals surface area contributed by atoms with Gasteiger partial charge in [-0.1, -0.05) is 16.7 Å². The first-order valence-electron chi connectivity index (χ1n) is 12.3. The summed E-state index contributed by atoms with van der Waals surface area (Å²) in [5, 5.41) is 22.9. The van der Waals surface area contributed by atoms with Crippen molar-refractivity contribution in [1.82, 2.24) is 15.2 Å². The number of carboxylic acids is 1. The van der Waals surface area contributed by atoms with Crippen LogP contribution >= 0.6 is 11.6 Å². The SMILES string of the molecule is O=C(O)CC1CCN(c2ccc(NC(=O)c3nnc(Nc4ccc(Oc5ccc(Cl)cc5)cc4)o3)cn2)CC1. The first-order valence-corrected chi connectivity index (χ1v) is 12.7. The smallest absolute Gasteiger partial charge is 0.320 e. The number of rotatable bonds is 9. The van der Waals surface area contributed by atoms with Crippen molar-refractivity contribution in [3.05, 3.63) is 77.8 Å². The Balaban J connectivity index is 1.12. The molecule has 11 nitrogen and oxygen atoms in total. The van der Waals surface area contributed by atoms with E-state index in [0.717, 1.165) is 31.7 Å². The lowest BCUT2D eigenvalue weighted by Gasteiger charge is -2.32. The summed E-state index contributed by atoms with van der Waals surface area (Å²) in [6.45, 7) is 1.49. The van der Waals surface area contributed by atoms with Gasteiger partial charge in [-0.15, -0.1) is 5.10 Å². The summed E-state index contributed by atoms with van der Waals surface area (Å²) >= 11 is 5.89. The minimum absolute atomic E-state index is 0.0614. The summed E-state index contributed by atoms with van der Waals surface area (Å²) in [4.78, 5) is 30.0. The third kappa shape index (κ3) is 7.02. The quantitative estimate of drug-likeness (QED) is 0.242. The molecule has 1 amide bonds. The second-order valence-electron chi connectivity index (χ2n) is 9.01. The molecule has 3 heterocycles. The van der Waals surface area contributed by atoms with Gasteiger partial charge in [-0.3, -0.25) is 9.59 Å². The Hall–Kier alpha value is -4.64. The minimum Gasteiger partial charge on any atom is -0.481 e. The third-order valence-electron chi connectivity index (χ3n) is 6.18. The van der Waals surface area contributed by atoms with Gasteiger partial charge in [0.15, 0.2) is 0 Å². The van der Waals surface area contributed by atoms with Crippen LogP contribution < -0.4 is 20.3 Å². The van der Waals surface area contributed by atoms with Crippen molar-refractivity contribution in [2.75, 3.05) is 28.6 Å². The Bertz CT molecular complexity index is 1420. The molecular formula is C27H25ClN6O5. The number of nitrogens with zero attached hydrogens (tertiary/aromatic N) is 4. The van der Waals surface area contributed by atoms with E-state index < -0.39 is 11.9 Å². The van der Waals surface area contributed by atoms with Crippen LogP contribution in [0.2, 0.25) is 5.02 Å². The summed E-state index contributed by atoms with van der Waals surface area (Å²) in [7, 11) is 0. The lowest BCUT2D eigenvalue weighted by Crippen LogP contribution is -2.34. The third-order valence-corrected chi connectivity index (χ3v) is 6.43. The Morgan fingerprint density at radius 3 is 2.28 bits per heavy atom. The van der Waals surface area contributed by atoms with Crippen LogP contribution in [0.3, 0.4) is 0 Å². The van der Waals surface area contributed by atoms with E-state index in [1.807, 2.05) is 6.07 Å². The molecular weight excluding hydrogens is 524 g/mol.